The van der Waals surface area contributed by atoms with E-state index < -0.39 is 20.8 Å². The Morgan fingerprint density at radius 3 is 1.27 bits per heavy atom. The molecule has 0 radical (unpaired) electrons. The minimum atomic E-state index is -0.824. The lowest BCUT2D eigenvalue weighted by atomic mass is 9.76. The van der Waals surface area contributed by atoms with Crippen molar-refractivity contribution in [1.82, 2.24) is 0 Å². The highest BCUT2D eigenvalue weighted by Gasteiger charge is 2.41. The quantitative estimate of drug-likeness (QED) is 0.0464. The van der Waals surface area contributed by atoms with Crippen LogP contribution in [0.15, 0.2) is 349 Å². The number of ether oxygens (including phenoxy) is 1. The Morgan fingerprint density at radius 2 is 0.833 bits per heavy atom. The largest absolute Gasteiger partial charge is 0.455 e. The lowest BCUT2D eigenvalue weighted by Gasteiger charge is -2.42. The molecule has 120 heavy (non-hydrogen) atoms. The van der Waals surface area contributed by atoms with Crippen LogP contribution in [0, 0.1) is 38.0 Å². The Labute approximate surface area is 732 Å². The van der Waals surface area contributed by atoms with Gasteiger partial charge in [0.05, 0.1) is 15.5 Å². The fraction of sp³-hybridized carbons (Fsp3) is 0.257. The first-order valence-corrected chi connectivity index (χ1v) is 47.6. The summed E-state index contributed by atoms with van der Waals surface area (Å²) < 4.78 is 9.11. The topological polar surface area (TPSA) is 137 Å². The van der Waals surface area contributed by atoms with Crippen molar-refractivity contribution in [2.24, 2.45) is 23.5 Å². The van der Waals surface area contributed by atoms with E-state index in [-0.39, 0.29) is 29.6 Å². The van der Waals surface area contributed by atoms with Crippen molar-refractivity contribution in [3.63, 3.8) is 0 Å². The fourth-order valence-electron chi connectivity index (χ4n) is 15.6. The van der Waals surface area contributed by atoms with Gasteiger partial charge in [0.1, 0.15) is 11.5 Å². The van der Waals surface area contributed by atoms with Crippen LogP contribution in [-0.4, -0.2) is 39.8 Å². The van der Waals surface area contributed by atoms with Crippen molar-refractivity contribution in [2.45, 2.75) is 135 Å². The number of nitro benzene ring substituents is 2. The minimum Gasteiger partial charge on any atom is -0.455 e. The second kappa shape index (κ2) is 43.2. The van der Waals surface area contributed by atoms with Gasteiger partial charge in [0.2, 0.25) is 0 Å². The van der Waals surface area contributed by atoms with Crippen molar-refractivity contribution < 1.29 is 14.6 Å². The molecule has 3 aliphatic carbocycles. The number of nitro groups is 2. The Hall–Kier alpha value is -9.73. The predicted octanol–water partition coefficient (Wildman–Crippen LogP) is 26.6. The van der Waals surface area contributed by atoms with Crippen LogP contribution in [0.25, 0.3) is 11.1 Å². The van der Waals surface area contributed by atoms with Crippen molar-refractivity contribution in [2.75, 3.05) is 29.9 Å². The van der Waals surface area contributed by atoms with Crippen molar-refractivity contribution >= 4 is 121 Å². The number of para-hydroxylation sites is 4. The number of fused-ring (bicyclic) bond motifs is 4. The Kier molecular flexibility index (Phi) is 32.2. The summed E-state index contributed by atoms with van der Waals surface area (Å²) in [6, 6.07) is 117. The van der Waals surface area contributed by atoms with Gasteiger partial charge in [-0.2, -0.15) is 0 Å². The Bertz CT molecular complexity index is 5180. The maximum Gasteiger partial charge on any atom is 0.271 e. The fourth-order valence-corrected chi connectivity index (χ4v) is 25.2. The number of hydrogen-bond donors (Lipinski definition) is 2. The summed E-state index contributed by atoms with van der Waals surface area (Å²) in [6.07, 6.45) is 13.1. The molecule has 0 spiro atoms. The molecule has 0 bridgehead atoms. The average Bonchev–Trinajstić information content (AvgIpc) is 1.28. The monoisotopic (exact) mass is 1770 g/mol. The number of hydrogen-bond acceptors (Lipinski definition) is 8. The van der Waals surface area contributed by atoms with Gasteiger partial charge in [-0.05, 0) is 161 Å². The number of anilines is 3. The number of nitrogens with one attached hydrogen (secondary N) is 1. The van der Waals surface area contributed by atoms with Crippen LogP contribution in [0.2, 0.25) is 0 Å². The third-order valence-electron chi connectivity index (χ3n) is 21.7. The second-order valence-corrected chi connectivity index (χ2v) is 43.5. The first-order valence-electron chi connectivity index (χ1n) is 42.0. The lowest BCUT2D eigenvalue weighted by molar-refractivity contribution is -0.385. The molecule has 3 N–H and O–H groups in total. The van der Waals surface area contributed by atoms with Crippen LogP contribution in [0.1, 0.15) is 135 Å². The number of non-ortho nitro benzene ring substituents is 2. The van der Waals surface area contributed by atoms with Gasteiger partial charge in [0, 0.05) is 91.2 Å². The van der Waals surface area contributed by atoms with Crippen molar-refractivity contribution in [3.8, 4) is 22.6 Å². The smallest absolute Gasteiger partial charge is 0.271 e. The number of halogens is 2. The predicted molar refractivity (Wildman–Crippen MR) is 521 cm³/mol. The molecule has 3 fully saturated rings. The summed E-state index contributed by atoms with van der Waals surface area (Å²) >= 11 is 6.44. The van der Waals surface area contributed by atoms with Crippen LogP contribution in [0.5, 0.6) is 11.5 Å². The summed E-state index contributed by atoms with van der Waals surface area (Å²) in [4.78, 5) is 22.8. The molecule has 616 valence electrons. The average molecular weight is 1780 g/mol. The minimum absolute atomic E-state index is 0.106. The van der Waals surface area contributed by atoms with E-state index in [1.54, 1.807) is 24.3 Å². The van der Waals surface area contributed by atoms with Crippen LogP contribution >= 0.6 is 55.6 Å². The van der Waals surface area contributed by atoms with Gasteiger partial charge < -0.3 is 20.7 Å². The third kappa shape index (κ3) is 25.2. The molecule has 0 unspecified atom stereocenters. The zero-order chi connectivity index (χ0) is 84.6. The molecule has 10 nitrogen and oxygen atoms in total. The van der Waals surface area contributed by atoms with Gasteiger partial charge >= 0.3 is 0 Å². The molecule has 0 atom stereocenters. The molecular weight excluding hydrogens is 1660 g/mol. The van der Waals surface area contributed by atoms with Gasteiger partial charge in [0.15, 0.2) is 0 Å². The molecule has 0 saturated heterocycles. The molecule has 0 amide bonds. The Morgan fingerprint density at radius 1 is 0.433 bits per heavy atom. The molecule has 13 aromatic rings. The second-order valence-electron chi connectivity index (χ2n) is 33.4. The summed E-state index contributed by atoms with van der Waals surface area (Å²) in [5.74, 6) is 4.92. The van der Waals surface area contributed by atoms with E-state index in [1.807, 2.05) is 48.5 Å². The molecule has 5 aliphatic rings. The van der Waals surface area contributed by atoms with E-state index in [4.69, 9.17) is 10.5 Å². The SMILES string of the molecule is Brc1ccccc1.CC(C)(C)P(c1ccccc1-c1ccccc1)C(C)(C)C.CC1(C)c2cccc(P(c3ccccc3)c3ccccc3)c2Oc2c(P(c3ccccc3)c3ccccc3)cccc21.NCCC1CC1.O=[N+]([O-])c1ccc2c(c1)N(CCC1CC1)c1ccccc1C2.O=[N+]([O-])c1cccc(Br)c1.c1ccc(NCCC2CC2)cc1. The zero-order valence-electron chi connectivity index (χ0n) is 70.3. The van der Waals surface area contributed by atoms with Gasteiger partial charge in [-0.1, -0.05) is 407 Å². The highest BCUT2D eigenvalue weighted by Crippen LogP contribution is 2.60. The zero-order valence-corrected chi connectivity index (χ0v) is 76.2. The standard InChI is InChI=1S/C39H32OP2.C20H27P.C18H18N2O2.C11H15N.C6H4BrNO2.C6H5Br.C5H11N/c1-39(2)33-25-15-27-35(41(29-17-7-3-8-18-29)30-19-9-4-10-20-30)37(33)40-38-34(39)26-16-28-36(38)42(31-21-11-5-12-22-31)32-23-13-6-14-24-32;1-19(2,3)21(20(4,5)6)18-15-11-10-14-17(18)16-12-8-7-9-13-16;21-20(22)16-8-7-15-11-14-3-1-2-4-17(14)19(18(15)12-16)10-9-13-5-6-13;1-2-4-11(5-3-1)12-9-8-10-6-7-10;7-5-2-1-3-6(4-5)8(9)10;7-6-4-2-1-3-5-6;6-4-3-5-1-2-5/h3-28H,1-2H3;7-15H,1-6H3;1-4,7-8,12-13H,5-6,9-11H2;1-5,10,12H,6-9H2;1-4H;1-5H;5H,1-4,6H2. The summed E-state index contributed by atoms with van der Waals surface area (Å²) in [5.41, 5.74) is 16.5. The van der Waals surface area contributed by atoms with Gasteiger partial charge in [-0.25, -0.2) is 0 Å². The van der Waals surface area contributed by atoms with Crippen LogP contribution < -0.4 is 57.8 Å². The molecule has 15 heteroatoms. The van der Waals surface area contributed by atoms with Gasteiger partial charge in [-0.15, -0.1) is 0 Å². The number of nitrogens with zero attached hydrogens (tertiary/aromatic N) is 3. The van der Waals surface area contributed by atoms with E-state index in [0.29, 0.717) is 10.3 Å². The van der Waals surface area contributed by atoms with Crippen molar-refractivity contribution in [1.29, 1.82) is 0 Å². The molecule has 3 saturated carbocycles. The highest BCUT2D eigenvalue weighted by atomic mass is 79.9. The Balaban J connectivity index is 0.000000143. The summed E-state index contributed by atoms with van der Waals surface area (Å²) in [6.45, 7) is 21.9. The summed E-state index contributed by atoms with van der Waals surface area (Å²) in [5, 5.41) is 34.6. The van der Waals surface area contributed by atoms with E-state index >= 15 is 0 Å². The molecule has 18 rings (SSSR count). The van der Waals surface area contributed by atoms with E-state index in [9.17, 15) is 20.2 Å². The number of nitrogens with two attached hydrogens (primary N) is 1. The van der Waals surface area contributed by atoms with E-state index in [2.05, 4.69) is 352 Å². The van der Waals surface area contributed by atoms with Gasteiger partial charge in [-0.3, -0.25) is 20.2 Å². The summed E-state index contributed by atoms with van der Waals surface area (Å²) in [7, 11) is -1.93. The third-order valence-corrected chi connectivity index (χ3v) is 31.2. The molecule has 2 aliphatic heterocycles. The molecular formula is C105H112Br2N5O5P3. The number of rotatable bonds is 19. The van der Waals surface area contributed by atoms with Crippen LogP contribution in [0.4, 0.5) is 28.4 Å². The van der Waals surface area contributed by atoms with E-state index in [1.165, 1.54) is 145 Å². The first-order chi connectivity index (χ1) is 58.0. The maximum absolute atomic E-state index is 11.1. The molecule has 0 aromatic heterocycles. The van der Waals surface area contributed by atoms with E-state index in [0.717, 1.165) is 76.4 Å². The van der Waals surface area contributed by atoms with Crippen molar-refractivity contribution in [3.05, 3.63) is 391 Å². The molecule has 2 heterocycles. The lowest BCUT2D eigenvalue weighted by Crippen LogP contribution is -2.32. The maximum atomic E-state index is 11.1. The highest BCUT2D eigenvalue weighted by molar-refractivity contribution is 9.10. The van der Waals surface area contributed by atoms with Gasteiger partial charge in [0.25, 0.3) is 11.4 Å². The first kappa shape index (κ1) is 89.5. The van der Waals surface area contributed by atoms with Crippen LogP contribution in [-0.2, 0) is 11.8 Å². The normalized spacial score (nSPS) is 13.8. The van der Waals surface area contributed by atoms with Crippen LogP contribution in [0.3, 0.4) is 0 Å². The number of benzene rings is 13. The molecule has 13 aromatic carbocycles.